The molecule has 0 bridgehead atoms. The molecule has 116 valence electrons. The van der Waals surface area contributed by atoms with Crippen molar-refractivity contribution >= 4 is 11.8 Å². The topological polar surface area (TPSA) is 57.3 Å². The van der Waals surface area contributed by atoms with Gasteiger partial charge < -0.3 is 15.5 Å². The highest BCUT2D eigenvalue weighted by molar-refractivity contribution is 5.74. The molecule has 21 heavy (non-hydrogen) atoms. The Hall–Kier alpha value is -1.78. The lowest BCUT2D eigenvalue weighted by Crippen LogP contribution is -2.41. The summed E-state index contributed by atoms with van der Waals surface area (Å²) in [6.07, 6.45) is 4.30. The summed E-state index contributed by atoms with van der Waals surface area (Å²) in [6.45, 7) is 8.70. The molecule has 2 N–H and O–H groups in total. The van der Waals surface area contributed by atoms with Crippen molar-refractivity contribution in [3.8, 4) is 0 Å². The Bertz CT molecular complexity index is 452. The van der Waals surface area contributed by atoms with Gasteiger partial charge in [-0.3, -0.25) is 0 Å². The Morgan fingerprint density at radius 3 is 2.62 bits per heavy atom. The summed E-state index contributed by atoms with van der Waals surface area (Å²) < 4.78 is 0. The molecule has 1 saturated carbocycles. The number of anilines is 1. The van der Waals surface area contributed by atoms with E-state index in [-0.39, 0.29) is 12.1 Å². The van der Waals surface area contributed by atoms with E-state index in [4.69, 9.17) is 0 Å². The number of nitrogens with zero attached hydrogens (tertiary/aromatic N) is 2. The standard InChI is InChI=1S/C16H26N4O/c1-4-20(5-2)15-9-6-13(10-17-15)11-18-16(21)19-12(3)14-7-8-14/h6,9-10,12,14H,4-5,7-8,11H2,1-3H3,(H2,18,19,21). The van der Waals surface area contributed by atoms with Gasteiger partial charge in [-0.05, 0) is 51.2 Å². The lowest BCUT2D eigenvalue weighted by molar-refractivity contribution is 0.236. The molecule has 1 atom stereocenters. The smallest absolute Gasteiger partial charge is 0.315 e. The molecular formula is C16H26N4O. The number of nitrogens with one attached hydrogen (secondary N) is 2. The second-order valence-electron chi connectivity index (χ2n) is 5.65. The third kappa shape index (κ3) is 4.62. The van der Waals surface area contributed by atoms with Crippen molar-refractivity contribution in [1.29, 1.82) is 0 Å². The van der Waals surface area contributed by atoms with E-state index in [0.717, 1.165) is 24.5 Å². The first-order valence-electron chi connectivity index (χ1n) is 7.88. The molecule has 0 aromatic carbocycles. The van der Waals surface area contributed by atoms with Gasteiger partial charge in [0.15, 0.2) is 0 Å². The molecule has 0 saturated heterocycles. The minimum absolute atomic E-state index is 0.0952. The first-order valence-corrected chi connectivity index (χ1v) is 7.88. The predicted molar refractivity (Wildman–Crippen MR) is 85.4 cm³/mol. The zero-order valence-electron chi connectivity index (χ0n) is 13.2. The average Bonchev–Trinajstić information content (AvgIpc) is 3.32. The third-order valence-corrected chi connectivity index (χ3v) is 4.04. The van der Waals surface area contributed by atoms with E-state index in [1.807, 2.05) is 18.3 Å². The van der Waals surface area contributed by atoms with Crippen molar-refractivity contribution < 1.29 is 4.79 Å². The van der Waals surface area contributed by atoms with Crippen LogP contribution in [-0.4, -0.2) is 30.1 Å². The first kappa shape index (κ1) is 15.6. The van der Waals surface area contributed by atoms with Crippen LogP contribution in [0.5, 0.6) is 0 Å². The van der Waals surface area contributed by atoms with E-state index < -0.39 is 0 Å². The Labute approximate surface area is 127 Å². The molecule has 1 aromatic heterocycles. The second kappa shape index (κ2) is 7.29. The predicted octanol–water partition coefficient (Wildman–Crippen LogP) is 2.53. The largest absolute Gasteiger partial charge is 0.357 e. The van der Waals surface area contributed by atoms with Gasteiger partial charge in [-0.2, -0.15) is 0 Å². The summed E-state index contributed by atoms with van der Waals surface area (Å²) in [6, 6.07) is 4.20. The number of carbonyl (C=O) groups is 1. The van der Waals surface area contributed by atoms with Gasteiger partial charge in [0, 0.05) is 31.9 Å². The summed E-state index contributed by atoms with van der Waals surface area (Å²) in [5.41, 5.74) is 1.01. The van der Waals surface area contributed by atoms with E-state index in [1.54, 1.807) is 0 Å². The third-order valence-electron chi connectivity index (χ3n) is 4.04. The van der Waals surface area contributed by atoms with Crippen LogP contribution in [0.2, 0.25) is 0 Å². The zero-order valence-corrected chi connectivity index (χ0v) is 13.2. The highest BCUT2D eigenvalue weighted by Crippen LogP contribution is 2.32. The van der Waals surface area contributed by atoms with Gasteiger partial charge in [0.2, 0.25) is 0 Å². The van der Waals surface area contributed by atoms with Gasteiger partial charge in [0.25, 0.3) is 0 Å². The lowest BCUT2D eigenvalue weighted by atomic mass is 10.2. The number of carbonyl (C=O) groups excluding carboxylic acids is 1. The second-order valence-corrected chi connectivity index (χ2v) is 5.65. The highest BCUT2D eigenvalue weighted by atomic mass is 16.2. The monoisotopic (exact) mass is 290 g/mol. The Morgan fingerprint density at radius 1 is 1.38 bits per heavy atom. The van der Waals surface area contributed by atoms with Crippen molar-refractivity contribution in [1.82, 2.24) is 15.6 Å². The van der Waals surface area contributed by atoms with Gasteiger partial charge in [-0.1, -0.05) is 6.07 Å². The molecule has 1 unspecified atom stereocenters. The molecule has 2 amide bonds. The number of pyridine rings is 1. The first-order chi connectivity index (χ1) is 10.1. The molecule has 0 radical (unpaired) electrons. The fraction of sp³-hybridized carbons (Fsp3) is 0.625. The van der Waals surface area contributed by atoms with Crippen LogP contribution < -0.4 is 15.5 Å². The van der Waals surface area contributed by atoms with Crippen molar-refractivity contribution in [3.63, 3.8) is 0 Å². The van der Waals surface area contributed by atoms with E-state index >= 15 is 0 Å². The summed E-state index contributed by atoms with van der Waals surface area (Å²) >= 11 is 0. The van der Waals surface area contributed by atoms with E-state index in [0.29, 0.717) is 12.5 Å². The van der Waals surface area contributed by atoms with Gasteiger partial charge >= 0.3 is 6.03 Å². The average molecular weight is 290 g/mol. The Balaban J connectivity index is 1.78. The van der Waals surface area contributed by atoms with Crippen molar-refractivity contribution in [3.05, 3.63) is 23.9 Å². The maximum atomic E-state index is 11.8. The quantitative estimate of drug-likeness (QED) is 0.811. The molecule has 2 rings (SSSR count). The van der Waals surface area contributed by atoms with Crippen LogP contribution in [0, 0.1) is 5.92 Å². The molecule has 1 aliphatic carbocycles. The molecule has 5 nitrogen and oxygen atoms in total. The maximum absolute atomic E-state index is 11.8. The molecule has 1 aliphatic rings. The summed E-state index contributed by atoms with van der Waals surface area (Å²) in [5, 5.41) is 5.87. The van der Waals surface area contributed by atoms with Gasteiger partial charge in [0.1, 0.15) is 5.82 Å². The van der Waals surface area contributed by atoms with E-state index in [2.05, 4.69) is 41.3 Å². The highest BCUT2D eigenvalue weighted by Gasteiger charge is 2.28. The van der Waals surface area contributed by atoms with Gasteiger partial charge in [0.05, 0.1) is 0 Å². The van der Waals surface area contributed by atoms with Crippen LogP contribution in [0.1, 0.15) is 39.2 Å². The SMILES string of the molecule is CCN(CC)c1ccc(CNC(=O)NC(C)C2CC2)cn1. The van der Waals surface area contributed by atoms with Crippen LogP contribution in [0.4, 0.5) is 10.6 Å². The van der Waals surface area contributed by atoms with Crippen molar-refractivity contribution in [2.75, 3.05) is 18.0 Å². The van der Waals surface area contributed by atoms with E-state index in [9.17, 15) is 4.79 Å². The number of amides is 2. The van der Waals surface area contributed by atoms with Gasteiger partial charge in [-0.15, -0.1) is 0 Å². The maximum Gasteiger partial charge on any atom is 0.315 e. The van der Waals surface area contributed by atoms with Crippen LogP contribution in [0.15, 0.2) is 18.3 Å². The normalized spacial score (nSPS) is 15.4. The number of hydrogen-bond acceptors (Lipinski definition) is 3. The Morgan fingerprint density at radius 2 is 2.10 bits per heavy atom. The van der Waals surface area contributed by atoms with Crippen molar-refractivity contribution in [2.45, 2.75) is 46.2 Å². The zero-order chi connectivity index (χ0) is 15.2. The molecule has 0 spiro atoms. The number of hydrogen-bond donors (Lipinski definition) is 2. The number of urea groups is 1. The van der Waals surface area contributed by atoms with E-state index in [1.165, 1.54) is 12.8 Å². The summed E-state index contributed by atoms with van der Waals surface area (Å²) in [7, 11) is 0. The fourth-order valence-corrected chi connectivity index (χ4v) is 2.41. The Kier molecular flexibility index (Phi) is 5.42. The molecule has 1 aromatic rings. The molecule has 1 heterocycles. The number of aromatic nitrogens is 1. The van der Waals surface area contributed by atoms with Crippen LogP contribution in [0.3, 0.4) is 0 Å². The molecule has 1 fully saturated rings. The minimum atomic E-state index is -0.0952. The molecule has 0 aliphatic heterocycles. The molecular weight excluding hydrogens is 264 g/mol. The minimum Gasteiger partial charge on any atom is -0.357 e. The molecule has 5 heteroatoms. The summed E-state index contributed by atoms with van der Waals surface area (Å²) in [4.78, 5) is 18.4. The summed E-state index contributed by atoms with van der Waals surface area (Å²) in [5.74, 6) is 1.65. The van der Waals surface area contributed by atoms with Crippen molar-refractivity contribution in [2.24, 2.45) is 5.92 Å². The number of rotatable bonds is 7. The van der Waals surface area contributed by atoms with Crippen LogP contribution >= 0.6 is 0 Å². The van der Waals surface area contributed by atoms with Crippen LogP contribution in [0.25, 0.3) is 0 Å². The lowest BCUT2D eigenvalue weighted by Gasteiger charge is -2.19. The fourth-order valence-electron chi connectivity index (χ4n) is 2.41. The van der Waals surface area contributed by atoms with Crippen LogP contribution in [-0.2, 0) is 6.54 Å². The van der Waals surface area contributed by atoms with Gasteiger partial charge in [-0.25, -0.2) is 9.78 Å².